The van der Waals surface area contributed by atoms with Gasteiger partial charge in [0, 0.05) is 5.02 Å². The average Bonchev–Trinajstić information content (AvgIpc) is 3.37. The number of halogens is 1. The van der Waals surface area contributed by atoms with Crippen LogP contribution >= 0.6 is 11.6 Å². The minimum Gasteiger partial charge on any atom is -0.465 e. The smallest absolute Gasteiger partial charge is 0.337 e. The molecule has 0 saturated carbocycles. The fourth-order valence-electron chi connectivity index (χ4n) is 4.48. The van der Waals surface area contributed by atoms with Gasteiger partial charge in [0.05, 0.1) is 30.9 Å². The summed E-state index contributed by atoms with van der Waals surface area (Å²) in [4.78, 5) is 46.1. The number of likely N-dealkylation sites (tertiary alicyclic amines) is 1. The van der Waals surface area contributed by atoms with E-state index < -0.39 is 24.0 Å². The van der Waals surface area contributed by atoms with Gasteiger partial charge in [-0.3, -0.25) is 19.3 Å². The molecule has 2 saturated heterocycles. The number of fused-ring (bicyclic) bond motifs is 1. The maximum atomic E-state index is 13.5. The predicted molar refractivity (Wildman–Crippen MR) is 125 cm³/mol. The topological polar surface area (TPSA) is 76.2 Å². The van der Waals surface area contributed by atoms with Gasteiger partial charge in [-0.1, -0.05) is 54.1 Å². The van der Waals surface area contributed by atoms with Crippen molar-refractivity contribution in [1.82, 2.24) is 4.90 Å². The average molecular weight is 477 g/mol. The van der Waals surface area contributed by atoms with Gasteiger partial charge in [0.15, 0.2) is 6.10 Å². The number of methoxy groups -OCH3 is 1. The van der Waals surface area contributed by atoms with Crippen LogP contribution in [-0.4, -0.2) is 35.9 Å². The van der Waals surface area contributed by atoms with Crippen LogP contribution in [0.25, 0.3) is 0 Å². The summed E-state index contributed by atoms with van der Waals surface area (Å²) < 4.78 is 4.78. The van der Waals surface area contributed by atoms with Crippen molar-refractivity contribution in [2.75, 3.05) is 12.2 Å². The number of carbonyl (C=O) groups is 3. The van der Waals surface area contributed by atoms with Crippen molar-refractivity contribution in [3.05, 3.63) is 101 Å². The second-order valence-corrected chi connectivity index (χ2v) is 8.60. The first-order chi connectivity index (χ1) is 16.5. The molecule has 3 atom stereocenters. The van der Waals surface area contributed by atoms with E-state index in [0.29, 0.717) is 16.3 Å². The van der Waals surface area contributed by atoms with Crippen molar-refractivity contribution in [3.8, 4) is 0 Å². The fourth-order valence-corrected chi connectivity index (χ4v) is 4.60. The molecule has 0 unspecified atom stereocenters. The van der Waals surface area contributed by atoms with Gasteiger partial charge < -0.3 is 4.74 Å². The largest absolute Gasteiger partial charge is 0.465 e. The van der Waals surface area contributed by atoms with Crippen LogP contribution in [0.4, 0.5) is 5.69 Å². The number of hydroxylamine groups is 1. The molecule has 8 heteroatoms. The summed E-state index contributed by atoms with van der Waals surface area (Å²) in [7, 11) is 1.32. The van der Waals surface area contributed by atoms with Crippen molar-refractivity contribution in [3.63, 3.8) is 0 Å². The van der Waals surface area contributed by atoms with E-state index in [0.717, 1.165) is 11.1 Å². The predicted octanol–water partition coefficient (Wildman–Crippen LogP) is 4.17. The van der Waals surface area contributed by atoms with Crippen LogP contribution in [0, 0.1) is 5.92 Å². The van der Waals surface area contributed by atoms with Gasteiger partial charge in [0.1, 0.15) is 5.92 Å². The first-order valence-electron chi connectivity index (χ1n) is 10.8. The number of nitrogens with zero attached hydrogens (tertiary/aromatic N) is 2. The van der Waals surface area contributed by atoms with Gasteiger partial charge in [0.2, 0.25) is 5.91 Å². The molecule has 5 rings (SSSR count). The molecule has 2 aliphatic rings. The molecule has 2 amide bonds. The monoisotopic (exact) mass is 476 g/mol. The van der Waals surface area contributed by atoms with Crippen molar-refractivity contribution in [2.24, 2.45) is 5.92 Å². The molecular weight excluding hydrogens is 456 g/mol. The summed E-state index contributed by atoms with van der Waals surface area (Å²) in [5.41, 5.74) is 2.64. The molecule has 0 aromatic heterocycles. The lowest BCUT2D eigenvalue weighted by Gasteiger charge is -2.29. The van der Waals surface area contributed by atoms with Gasteiger partial charge in [-0.15, -0.1) is 0 Å². The molecular formula is C26H21ClN2O5. The molecule has 2 fully saturated rings. The molecule has 7 nitrogen and oxygen atoms in total. The van der Waals surface area contributed by atoms with Gasteiger partial charge in [-0.2, -0.15) is 0 Å². The van der Waals surface area contributed by atoms with Crippen molar-refractivity contribution >= 4 is 35.1 Å². The summed E-state index contributed by atoms with van der Waals surface area (Å²) in [6.07, 6.45) is -0.947. The maximum absolute atomic E-state index is 13.5. The number of imide groups is 1. The third-order valence-electron chi connectivity index (χ3n) is 6.14. The lowest BCUT2D eigenvalue weighted by atomic mass is 9.90. The molecule has 2 heterocycles. The molecule has 2 aliphatic heterocycles. The molecule has 172 valence electrons. The second-order valence-electron chi connectivity index (χ2n) is 8.16. The van der Waals surface area contributed by atoms with E-state index >= 15 is 0 Å². The van der Waals surface area contributed by atoms with E-state index in [1.165, 1.54) is 12.0 Å². The molecule has 0 N–H and O–H groups in total. The Morgan fingerprint density at radius 1 is 0.941 bits per heavy atom. The third kappa shape index (κ3) is 3.83. The highest BCUT2D eigenvalue weighted by Crippen LogP contribution is 2.47. The third-order valence-corrected chi connectivity index (χ3v) is 6.40. The summed E-state index contributed by atoms with van der Waals surface area (Å²) in [5, 5.41) is 2.15. The normalized spacial score (nSPS) is 21.6. The number of ether oxygens (including phenoxy) is 1. The van der Waals surface area contributed by atoms with Crippen molar-refractivity contribution in [1.29, 1.82) is 0 Å². The summed E-state index contributed by atoms with van der Waals surface area (Å²) >= 11 is 6.05. The number of hydrogen-bond acceptors (Lipinski definition) is 6. The van der Waals surface area contributed by atoms with Crippen LogP contribution in [0.2, 0.25) is 5.02 Å². The maximum Gasteiger partial charge on any atom is 0.337 e. The minimum atomic E-state index is -0.947. The molecule has 0 bridgehead atoms. The first kappa shape index (κ1) is 22.1. The summed E-state index contributed by atoms with van der Waals surface area (Å²) in [6, 6.07) is 22.6. The number of anilines is 1. The van der Waals surface area contributed by atoms with Crippen LogP contribution in [-0.2, 0) is 25.7 Å². The molecule has 0 radical (unpaired) electrons. The zero-order chi connectivity index (χ0) is 23.8. The van der Waals surface area contributed by atoms with Crippen LogP contribution in [0.15, 0.2) is 78.9 Å². The Hall–Kier alpha value is -3.68. The summed E-state index contributed by atoms with van der Waals surface area (Å²) in [6.45, 7) is 0.184. The summed E-state index contributed by atoms with van der Waals surface area (Å²) in [5.74, 6) is -1.86. The van der Waals surface area contributed by atoms with E-state index in [9.17, 15) is 14.4 Å². The Labute approximate surface area is 201 Å². The minimum absolute atomic E-state index is 0.184. The highest BCUT2D eigenvalue weighted by Gasteiger charge is 2.59. The number of hydrogen-bond donors (Lipinski definition) is 0. The fraction of sp³-hybridized carbons (Fsp3) is 0.192. The molecule has 0 spiro atoms. The lowest BCUT2D eigenvalue weighted by molar-refractivity contribution is -0.143. The quantitative estimate of drug-likeness (QED) is 0.406. The highest BCUT2D eigenvalue weighted by atomic mass is 35.5. The zero-order valence-electron chi connectivity index (χ0n) is 18.3. The Bertz CT molecular complexity index is 1230. The first-order valence-corrected chi connectivity index (χ1v) is 11.1. The number of amides is 2. The molecule has 34 heavy (non-hydrogen) atoms. The van der Waals surface area contributed by atoms with E-state index in [4.69, 9.17) is 21.2 Å². The SMILES string of the molecule is COC(=O)c1ccc([C@H]2[C@@H]3C(=O)N(Cc4ccccc4)C(=O)[C@@H]3ON2c2ccc(Cl)cc2)cc1. The van der Waals surface area contributed by atoms with E-state index in [2.05, 4.69) is 0 Å². The van der Waals surface area contributed by atoms with Crippen LogP contribution < -0.4 is 5.06 Å². The Kier molecular flexibility index (Phi) is 5.81. The van der Waals surface area contributed by atoms with Crippen LogP contribution in [0.3, 0.4) is 0 Å². The zero-order valence-corrected chi connectivity index (χ0v) is 19.0. The number of benzene rings is 3. The lowest BCUT2D eigenvalue weighted by Crippen LogP contribution is -2.36. The molecule has 0 aliphatic carbocycles. The van der Waals surface area contributed by atoms with E-state index in [-0.39, 0.29) is 18.4 Å². The van der Waals surface area contributed by atoms with Gasteiger partial charge >= 0.3 is 5.97 Å². The Morgan fingerprint density at radius 2 is 1.62 bits per heavy atom. The second kappa shape index (κ2) is 8.93. The van der Waals surface area contributed by atoms with Crippen LogP contribution in [0.5, 0.6) is 0 Å². The van der Waals surface area contributed by atoms with Crippen LogP contribution in [0.1, 0.15) is 27.5 Å². The molecule has 3 aromatic carbocycles. The van der Waals surface area contributed by atoms with Gasteiger partial charge in [-0.25, -0.2) is 9.86 Å². The molecule has 3 aromatic rings. The van der Waals surface area contributed by atoms with Gasteiger partial charge in [-0.05, 0) is 47.5 Å². The van der Waals surface area contributed by atoms with Crippen molar-refractivity contribution < 1.29 is 24.0 Å². The number of carbonyl (C=O) groups excluding carboxylic acids is 3. The van der Waals surface area contributed by atoms with Crippen molar-refractivity contribution in [2.45, 2.75) is 18.7 Å². The number of rotatable bonds is 5. The standard InChI is InChI=1S/C26H21ClN2O5/c1-33-26(32)18-9-7-17(8-10-18)22-21-23(34-29(22)20-13-11-19(27)12-14-20)25(31)28(24(21)30)15-16-5-3-2-4-6-16/h2-14,21-23H,15H2,1H3/t21-,22-,23+/m0/s1. The number of esters is 1. The van der Waals surface area contributed by atoms with Gasteiger partial charge in [0.25, 0.3) is 5.91 Å². The van der Waals surface area contributed by atoms with E-state index in [1.807, 2.05) is 30.3 Å². The van der Waals surface area contributed by atoms with E-state index in [1.54, 1.807) is 53.6 Å². The highest BCUT2D eigenvalue weighted by molar-refractivity contribution is 6.30. The Balaban J connectivity index is 1.52. The Morgan fingerprint density at radius 3 is 2.26 bits per heavy atom.